The lowest BCUT2D eigenvalue weighted by atomic mass is 9.96. The summed E-state index contributed by atoms with van der Waals surface area (Å²) in [4.78, 5) is 12.6. The summed E-state index contributed by atoms with van der Waals surface area (Å²) in [5.41, 5.74) is 0.820. The van der Waals surface area contributed by atoms with Crippen LogP contribution in [0.2, 0.25) is 0 Å². The minimum absolute atomic E-state index is 0.0278. The van der Waals surface area contributed by atoms with Gasteiger partial charge in [0.2, 0.25) is 0 Å². The number of hydrogen-bond donors (Lipinski definition) is 1. The fourth-order valence-electron chi connectivity index (χ4n) is 1.18. The average molecular weight is 203 g/mol. The van der Waals surface area contributed by atoms with Crippen LogP contribution in [0.4, 0.5) is 0 Å². The molecule has 2 heterocycles. The number of aromatic amines is 1. The highest BCUT2D eigenvalue weighted by Gasteiger charge is 2.16. The Kier molecular flexibility index (Phi) is 2.22. The van der Waals surface area contributed by atoms with Crippen molar-refractivity contribution in [2.75, 3.05) is 0 Å². The molecule has 0 spiro atoms. The van der Waals surface area contributed by atoms with Crippen LogP contribution in [0.1, 0.15) is 26.6 Å². The number of nitrogens with one attached hydrogen (secondary N) is 1. The van der Waals surface area contributed by atoms with Gasteiger partial charge in [0.15, 0.2) is 5.82 Å². The zero-order valence-corrected chi connectivity index (χ0v) is 9.02. The SMILES string of the molecule is CC(C)(C)c1ncc(-c2ncn[nH]2)cn1. The van der Waals surface area contributed by atoms with Crippen molar-refractivity contribution in [3.8, 4) is 11.4 Å². The summed E-state index contributed by atoms with van der Waals surface area (Å²) < 4.78 is 0. The largest absolute Gasteiger partial charge is 0.259 e. The highest BCUT2D eigenvalue weighted by Crippen LogP contribution is 2.19. The molecule has 0 aromatic carbocycles. The molecule has 0 saturated carbocycles. The van der Waals surface area contributed by atoms with Gasteiger partial charge in [0.25, 0.3) is 0 Å². The average Bonchev–Trinajstić information content (AvgIpc) is 2.69. The molecule has 0 radical (unpaired) electrons. The van der Waals surface area contributed by atoms with Crippen molar-refractivity contribution in [2.24, 2.45) is 0 Å². The van der Waals surface area contributed by atoms with Crippen LogP contribution in [0.25, 0.3) is 11.4 Å². The molecule has 78 valence electrons. The van der Waals surface area contributed by atoms with Gasteiger partial charge in [-0.05, 0) is 0 Å². The monoisotopic (exact) mass is 203 g/mol. The predicted molar refractivity (Wildman–Crippen MR) is 56.1 cm³/mol. The summed E-state index contributed by atoms with van der Waals surface area (Å²) in [7, 11) is 0. The summed E-state index contributed by atoms with van der Waals surface area (Å²) in [5, 5.41) is 6.55. The quantitative estimate of drug-likeness (QED) is 0.763. The second-order valence-corrected chi connectivity index (χ2v) is 4.38. The molecule has 15 heavy (non-hydrogen) atoms. The van der Waals surface area contributed by atoms with E-state index in [2.05, 4.69) is 45.9 Å². The number of H-pyrrole nitrogens is 1. The first-order valence-corrected chi connectivity index (χ1v) is 4.75. The Morgan fingerprint density at radius 1 is 1.07 bits per heavy atom. The van der Waals surface area contributed by atoms with E-state index >= 15 is 0 Å². The molecule has 5 heteroatoms. The molecule has 0 aliphatic rings. The maximum absolute atomic E-state index is 4.31. The molecule has 5 nitrogen and oxygen atoms in total. The molecule has 0 aliphatic carbocycles. The van der Waals surface area contributed by atoms with Gasteiger partial charge < -0.3 is 0 Å². The van der Waals surface area contributed by atoms with Crippen molar-refractivity contribution >= 4 is 0 Å². The molecule has 0 unspecified atom stereocenters. The fourth-order valence-corrected chi connectivity index (χ4v) is 1.18. The van der Waals surface area contributed by atoms with E-state index in [0.29, 0.717) is 5.82 Å². The first-order valence-electron chi connectivity index (χ1n) is 4.75. The lowest BCUT2D eigenvalue weighted by Gasteiger charge is -2.15. The molecule has 2 rings (SSSR count). The summed E-state index contributed by atoms with van der Waals surface area (Å²) >= 11 is 0. The van der Waals surface area contributed by atoms with Gasteiger partial charge in [0.1, 0.15) is 12.2 Å². The van der Waals surface area contributed by atoms with E-state index in [0.717, 1.165) is 11.4 Å². The minimum atomic E-state index is -0.0278. The maximum Gasteiger partial charge on any atom is 0.158 e. The Morgan fingerprint density at radius 3 is 2.20 bits per heavy atom. The number of rotatable bonds is 1. The third kappa shape index (κ3) is 2.01. The highest BCUT2D eigenvalue weighted by molar-refractivity contribution is 5.50. The van der Waals surface area contributed by atoms with Crippen molar-refractivity contribution in [3.63, 3.8) is 0 Å². The van der Waals surface area contributed by atoms with Gasteiger partial charge in [0, 0.05) is 17.8 Å². The molecule has 2 aromatic heterocycles. The van der Waals surface area contributed by atoms with Gasteiger partial charge in [-0.3, -0.25) is 5.10 Å². The van der Waals surface area contributed by atoms with Crippen molar-refractivity contribution in [1.29, 1.82) is 0 Å². The topological polar surface area (TPSA) is 67.3 Å². The van der Waals surface area contributed by atoms with Gasteiger partial charge in [-0.2, -0.15) is 5.10 Å². The Morgan fingerprint density at radius 2 is 1.73 bits per heavy atom. The molecule has 2 aromatic rings. The minimum Gasteiger partial charge on any atom is -0.259 e. The van der Waals surface area contributed by atoms with Gasteiger partial charge >= 0.3 is 0 Å². The van der Waals surface area contributed by atoms with E-state index in [1.54, 1.807) is 12.4 Å². The molecular weight excluding hydrogens is 190 g/mol. The summed E-state index contributed by atoms with van der Waals surface area (Å²) in [5.74, 6) is 1.52. The third-order valence-corrected chi connectivity index (χ3v) is 2.01. The Hall–Kier alpha value is -1.78. The van der Waals surface area contributed by atoms with Crippen LogP contribution in [0.3, 0.4) is 0 Å². The van der Waals surface area contributed by atoms with Crippen LogP contribution >= 0.6 is 0 Å². The number of nitrogens with zero attached hydrogens (tertiary/aromatic N) is 4. The molecule has 0 aliphatic heterocycles. The lowest BCUT2D eigenvalue weighted by Crippen LogP contribution is -2.15. The normalized spacial score (nSPS) is 11.7. The van der Waals surface area contributed by atoms with Gasteiger partial charge in [-0.1, -0.05) is 20.8 Å². The number of aromatic nitrogens is 5. The molecule has 0 saturated heterocycles. The van der Waals surface area contributed by atoms with E-state index < -0.39 is 0 Å². The summed E-state index contributed by atoms with van der Waals surface area (Å²) in [6, 6.07) is 0. The second kappa shape index (κ2) is 3.42. The molecule has 1 N–H and O–H groups in total. The summed E-state index contributed by atoms with van der Waals surface area (Å²) in [6.07, 6.45) is 4.98. The van der Waals surface area contributed by atoms with Crippen molar-refractivity contribution in [2.45, 2.75) is 26.2 Å². The van der Waals surface area contributed by atoms with E-state index in [9.17, 15) is 0 Å². The van der Waals surface area contributed by atoms with Crippen LogP contribution < -0.4 is 0 Å². The van der Waals surface area contributed by atoms with E-state index in [1.165, 1.54) is 6.33 Å². The molecule has 0 bridgehead atoms. The molecule has 0 atom stereocenters. The standard InChI is InChI=1S/C10H13N5/c1-10(2,3)9-11-4-7(5-12-9)8-13-6-14-15-8/h4-6H,1-3H3,(H,13,14,15). The van der Waals surface area contributed by atoms with Crippen LogP contribution in [-0.2, 0) is 5.41 Å². The van der Waals surface area contributed by atoms with Gasteiger partial charge in [-0.15, -0.1) is 0 Å². The lowest BCUT2D eigenvalue weighted by molar-refractivity contribution is 0.545. The smallest absolute Gasteiger partial charge is 0.158 e. The predicted octanol–water partition coefficient (Wildman–Crippen LogP) is 1.56. The van der Waals surface area contributed by atoms with E-state index in [1.807, 2.05) is 0 Å². The van der Waals surface area contributed by atoms with Gasteiger partial charge in [-0.25, -0.2) is 15.0 Å². The Balaban J connectivity index is 2.33. The summed E-state index contributed by atoms with van der Waals surface area (Å²) in [6.45, 7) is 6.24. The van der Waals surface area contributed by atoms with Crippen LogP contribution in [0, 0.1) is 0 Å². The highest BCUT2D eigenvalue weighted by atomic mass is 15.2. The van der Waals surface area contributed by atoms with Crippen LogP contribution in [0.5, 0.6) is 0 Å². The fraction of sp³-hybridized carbons (Fsp3) is 0.400. The third-order valence-electron chi connectivity index (χ3n) is 2.01. The zero-order chi connectivity index (χ0) is 10.9. The first kappa shape index (κ1) is 9.76. The number of hydrogen-bond acceptors (Lipinski definition) is 4. The van der Waals surface area contributed by atoms with E-state index in [-0.39, 0.29) is 5.41 Å². The van der Waals surface area contributed by atoms with E-state index in [4.69, 9.17) is 0 Å². The molecule has 0 fully saturated rings. The maximum atomic E-state index is 4.31. The van der Waals surface area contributed by atoms with Crippen molar-refractivity contribution in [3.05, 3.63) is 24.5 Å². The van der Waals surface area contributed by atoms with Gasteiger partial charge in [0.05, 0.1) is 5.56 Å². The second-order valence-electron chi connectivity index (χ2n) is 4.38. The molecule has 0 amide bonds. The van der Waals surface area contributed by atoms with Crippen molar-refractivity contribution in [1.82, 2.24) is 25.1 Å². The van der Waals surface area contributed by atoms with Crippen LogP contribution in [-0.4, -0.2) is 25.1 Å². The zero-order valence-electron chi connectivity index (χ0n) is 9.02. The Labute approximate surface area is 88.0 Å². The molecular formula is C10H13N5. The first-order chi connectivity index (χ1) is 7.07. The Bertz CT molecular complexity index is 424. The van der Waals surface area contributed by atoms with Crippen LogP contribution in [0.15, 0.2) is 18.7 Å². The van der Waals surface area contributed by atoms with Crippen molar-refractivity contribution < 1.29 is 0 Å².